The summed E-state index contributed by atoms with van der Waals surface area (Å²) in [6.45, 7) is 11.0. The van der Waals surface area contributed by atoms with E-state index in [9.17, 15) is 13.2 Å². The number of carbonyl (C=O) groups is 1. The van der Waals surface area contributed by atoms with Gasteiger partial charge in [0.15, 0.2) is 0 Å². The average Bonchev–Trinajstić information content (AvgIpc) is 2.86. The predicted octanol–water partition coefficient (Wildman–Crippen LogP) is 2.95. The Morgan fingerprint density at radius 1 is 1.14 bits per heavy atom. The van der Waals surface area contributed by atoms with E-state index in [-0.39, 0.29) is 18.1 Å². The molecule has 29 heavy (non-hydrogen) atoms. The van der Waals surface area contributed by atoms with Crippen LogP contribution in [0.2, 0.25) is 0 Å². The smallest absolute Gasteiger partial charge is 0.315 e. The number of nitrogens with zero attached hydrogens (tertiary/aromatic N) is 2. The zero-order chi connectivity index (χ0) is 21.3. The first-order chi connectivity index (χ1) is 13.6. The van der Waals surface area contributed by atoms with Crippen LogP contribution in [-0.4, -0.2) is 50.4 Å². The number of aryl methyl sites for hydroxylation is 2. The first kappa shape index (κ1) is 21.4. The van der Waals surface area contributed by atoms with Crippen molar-refractivity contribution in [2.75, 3.05) is 13.1 Å². The Morgan fingerprint density at radius 2 is 1.79 bits per heavy atom. The highest BCUT2D eigenvalue weighted by Gasteiger charge is 2.35. The van der Waals surface area contributed by atoms with Gasteiger partial charge in [0.2, 0.25) is 0 Å². The van der Waals surface area contributed by atoms with E-state index in [1.807, 2.05) is 57.7 Å². The van der Waals surface area contributed by atoms with E-state index in [4.69, 9.17) is 0 Å². The molecule has 0 bridgehead atoms. The normalized spacial score (nSPS) is 19.5. The van der Waals surface area contributed by atoms with Crippen molar-refractivity contribution in [1.29, 1.82) is 0 Å². The quantitative estimate of drug-likeness (QED) is 0.790. The molecule has 2 amide bonds. The topological polar surface area (TPSA) is 90.9 Å². The number of urea groups is 1. The third-order valence-electron chi connectivity index (χ3n) is 5.46. The van der Waals surface area contributed by atoms with Crippen molar-refractivity contribution in [3.8, 4) is 0 Å². The molecule has 0 radical (unpaired) electrons. The van der Waals surface area contributed by atoms with Crippen LogP contribution in [0.25, 0.3) is 4.91 Å². The molecule has 0 spiro atoms. The van der Waals surface area contributed by atoms with E-state index >= 15 is 0 Å². The molecule has 1 aromatic rings. The molecule has 8 heteroatoms. The summed E-state index contributed by atoms with van der Waals surface area (Å²) in [4.78, 5) is 14.2. The zero-order valence-electron chi connectivity index (χ0n) is 17.7. The molecule has 7 nitrogen and oxygen atoms in total. The van der Waals surface area contributed by atoms with Gasteiger partial charge in [0.25, 0.3) is 10.0 Å². The number of sulfonamides is 1. The van der Waals surface area contributed by atoms with Crippen LogP contribution in [0, 0.1) is 13.8 Å². The van der Waals surface area contributed by atoms with Gasteiger partial charge in [-0.2, -0.15) is 8.42 Å². The second-order valence-corrected chi connectivity index (χ2v) is 9.72. The van der Waals surface area contributed by atoms with Crippen molar-refractivity contribution in [2.24, 2.45) is 4.40 Å². The van der Waals surface area contributed by atoms with Gasteiger partial charge in [-0.05, 0) is 64.2 Å². The Balaban J connectivity index is 1.74. The van der Waals surface area contributed by atoms with Crippen LogP contribution >= 0.6 is 0 Å². The minimum absolute atomic E-state index is 0.0760. The van der Waals surface area contributed by atoms with Gasteiger partial charge in [-0.1, -0.05) is 18.2 Å². The maximum absolute atomic E-state index is 12.8. The first-order valence-corrected chi connectivity index (χ1v) is 11.5. The second kappa shape index (κ2) is 8.18. The van der Waals surface area contributed by atoms with Crippen LogP contribution in [0.1, 0.15) is 50.3 Å². The summed E-state index contributed by atoms with van der Waals surface area (Å²) >= 11 is 0. The SMILES string of the molecule is CC1=C(c2ccc(C)c(C)c2)S(=O)(=O)N=C1N1CCC(NC(=O)NC(C)C)CC1. The third kappa shape index (κ3) is 4.63. The summed E-state index contributed by atoms with van der Waals surface area (Å²) in [6.07, 6.45) is 1.49. The van der Waals surface area contributed by atoms with Gasteiger partial charge in [0, 0.05) is 30.7 Å². The fraction of sp³-hybridized carbons (Fsp3) is 0.524. The van der Waals surface area contributed by atoms with Gasteiger partial charge in [0.05, 0.1) is 0 Å². The summed E-state index contributed by atoms with van der Waals surface area (Å²) in [5, 5.41) is 5.82. The van der Waals surface area contributed by atoms with Crippen molar-refractivity contribution in [3.05, 3.63) is 40.5 Å². The lowest BCUT2D eigenvalue weighted by Crippen LogP contribution is -2.50. The van der Waals surface area contributed by atoms with Gasteiger partial charge in [0.1, 0.15) is 10.7 Å². The van der Waals surface area contributed by atoms with E-state index in [0.717, 1.165) is 24.0 Å². The standard InChI is InChI=1S/C21H30N4O3S/c1-13(2)22-21(26)23-18-8-10-25(11-9-18)20-16(5)19(29(27,28)24-20)17-7-6-14(3)15(4)12-17/h6-7,12-13,18H,8-11H2,1-5H3,(H2,22,23,26). The Kier molecular flexibility index (Phi) is 6.03. The van der Waals surface area contributed by atoms with Gasteiger partial charge in [-0.15, -0.1) is 4.40 Å². The summed E-state index contributed by atoms with van der Waals surface area (Å²) in [5.74, 6) is 0.531. The van der Waals surface area contributed by atoms with E-state index in [1.54, 1.807) is 0 Å². The monoisotopic (exact) mass is 418 g/mol. The number of piperidine rings is 1. The molecule has 1 aromatic carbocycles. The van der Waals surface area contributed by atoms with Gasteiger partial charge in [-0.3, -0.25) is 0 Å². The lowest BCUT2D eigenvalue weighted by Gasteiger charge is -2.34. The van der Waals surface area contributed by atoms with Crippen LogP contribution in [0.3, 0.4) is 0 Å². The molecule has 2 aliphatic rings. The molecule has 2 N–H and O–H groups in total. The fourth-order valence-corrected chi connectivity index (χ4v) is 5.27. The number of benzene rings is 1. The second-order valence-electron chi connectivity index (χ2n) is 8.18. The van der Waals surface area contributed by atoms with Crippen molar-refractivity contribution in [2.45, 2.75) is 59.5 Å². The van der Waals surface area contributed by atoms with Crippen LogP contribution in [0.15, 0.2) is 28.2 Å². The molecule has 0 aliphatic carbocycles. The van der Waals surface area contributed by atoms with Gasteiger partial charge in [-0.25, -0.2) is 4.79 Å². The highest BCUT2D eigenvalue weighted by atomic mass is 32.2. The number of hydrogen-bond donors (Lipinski definition) is 2. The Labute approximate surface area is 173 Å². The maximum atomic E-state index is 12.8. The Bertz CT molecular complexity index is 972. The van der Waals surface area contributed by atoms with Crippen LogP contribution in [0.5, 0.6) is 0 Å². The number of amidine groups is 1. The number of nitrogens with one attached hydrogen (secondary N) is 2. The van der Waals surface area contributed by atoms with Crippen molar-refractivity contribution < 1.29 is 13.2 Å². The van der Waals surface area contributed by atoms with Crippen LogP contribution in [-0.2, 0) is 10.0 Å². The van der Waals surface area contributed by atoms with Crippen molar-refractivity contribution >= 4 is 26.8 Å². The lowest BCUT2D eigenvalue weighted by molar-refractivity contribution is 0.224. The van der Waals surface area contributed by atoms with E-state index in [1.165, 1.54) is 0 Å². The molecular weight excluding hydrogens is 388 g/mol. The number of hydrogen-bond acceptors (Lipinski definition) is 4. The predicted molar refractivity (Wildman–Crippen MR) is 116 cm³/mol. The minimum atomic E-state index is -3.72. The molecule has 1 fully saturated rings. The molecule has 2 aliphatic heterocycles. The molecule has 3 rings (SSSR count). The van der Waals surface area contributed by atoms with Crippen molar-refractivity contribution in [3.63, 3.8) is 0 Å². The lowest BCUT2D eigenvalue weighted by atomic mass is 10.0. The van der Waals surface area contributed by atoms with E-state index < -0.39 is 10.0 Å². The number of amides is 2. The van der Waals surface area contributed by atoms with Gasteiger partial charge < -0.3 is 15.5 Å². The van der Waals surface area contributed by atoms with Crippen LogP contribution < -0.4 is 10.6 Å². The maximum Gasteiger partial charge on any atom is 0.315 e. The van der Waals surface area contributed by atoms with E-state index in [0.29, 0.717) is 35.0 Å². The van der Waals surface area contributed by atoms with Gasteiger partial charge >= 0.3 is 6.03 Å². The summed E-state index contributed by atoms with van der Waals surface area (Å²) in [6, 6.07) is 5.70. The highest BCUT2D eigenvalue weighted by molar-refractivity contribution is 8.00. The molecule has 158 valence electrons. The Hall–Kier alpha value is -2.35. The number of likely N-dealkylation sites (tertiary alicyclic amines) is 1. The molecule has 0 aromatic heterocycles. The minimum Gasteiger partial charge on any atom is -0.356 e. The Morgan fingerprint density at radius 3 is 2.38 bits per heavy atom. The number of rotatable bonds is 3. The van der Waals surface area contributed by atoms with E-state index in [2.05, 4.69) is 15.0 Å². The average molecular weight is 419 g/mol. The third-order valence-corrected chi connectivity index (χ3v) is 6.93. The van der Waals surface area contributed by atoms with Crippen LogP contribution in [0.4, 0.5) is 4.79 Å². The molecule has 0 unspecified atom stereocenters. The molecule has 0 atom stereocenters. The zero-order valence-corrected chi connectivity index (χ0v) is 18.6. The summed E-state index contributed by atoms with van der Waals surface area (Å²) < 4.78 is 29.7. The largest absolute Gasteiger partial charge is 0.356 e. The van der Waals surface area contributed by atoms with Crippen molar-refractivity contribution in [1.82, 2.24) is 15.5 Å². The molecule has 1 saturated heterocycles. The fourth-order valence-electron chi connectivity index (χ4n) is 3.79. The molecule has 2 heterocycles. The number of carbonyl (C=O) groups excluding carboxylic acids is 1. The first-order valence-electron chi connectivity index (χ1n) is 10.0. The summed E-state index contributed by atoms with van der Waals surface area (Å²) in [7, 11) is -3.72. The summed E-state index contributed by atoms with van der Waals surface area (Å²) in [5.41, 5.74) is 3.56. The highest BCUT2D eigenvalue weighted by Crippen LogP contribution is 2.35. The molecule has 0 saturated carbocycles. The molecular formula is C21H30N4O3S.